The fraction of sp³-hybridized carbons (Fsp3) is 0.364. The molecule has 92 valence electrons. The van der Waals surface area contributed by atoms with Gasteiger partial charge in [0.05, 0.1) is 19.1 Å². The molecule has 2 amide bonds. The number of hydrogen-bond donors (Lipinski definition) is 3. The molecular weight excluding hydrogens is 220 g/mol. The van der Waals surface area contributed by atoms with Crippen LogP contribution in [-0.4, -0.2) is 29.9 Å². The first-order chi connectivity index (χ1) is 8.13. The van der Waals surface area contributed by atoms with Gasteiger partial charge in [0.25, 0.3) is 0 Å². The molecule has 1 rings (SSSR count). The number of nitrogens with two attached hydrogens (primary N) is 1. The fourth-order valence-corrected chi connectivity index (χ4v) is 1.26. The first-order valence-electron chi connectivity index (χ1n) is 5.29. The SMILES string of the molecule is C[C@H](NC(=O)CNC(=O)CN)c1cccnc1. The molecule has 0 aromatic carbocycles. The van der Waals surface area contributed by atoms with Gasteiger partial charge < -0.3 is 16.4 Å². The molecule has 17 heavy (non-hydrogen) atoms. The van der Waals surface area contributed by atoms with Gasteiger partial charge in [0.15, 0.2) is 0 Å². The van der Waals surface area contributed by atoms with Crippen LogP contribution in [0.3, 0.4) is 0 Å². The number of pyridine rings is 1. The summed E-state index contributed by atoms with van der Waals surface area (Å²) in [5, 5.41) is 5.14. The van der Waals surface area contributed by atoms with E-state index in [1.54, 1.807) is 18.5 Å². The lowest BCUT2D eigenvalue weighted by atomic mass is 10.1. The molecule has 1 atom stereocenters. The smallest absolute Gasteiger partial charge is 0.239 e. The molecule has 1 heterocycles. The minimum absolute atomic E-state index is 0.0688. The number of amides is 2. The third kappa shape index (κ3) is 4.60. The zero-order chi connectivity index (χ0) is 12.7. The van der Waals surface area contributed by atoms with Crippen LogP contribution in [0.4, 0.5) is 0 Å². The molecule has 6 nitrogen and oxygen atoms in total. The second-order valence-corrected chi connectivity index (χ2v) is 3.56. The third-order valence-electron chi connectivity index (χ3n) is 2.19. The van der Waals surface area contributed by atoms with E-state index >= 15 is 0 Å². The van der Waals surface area contributed by atoms with Gasteiger partial charge >= 0.3 is 0 Å². The topological polar surface area (TPSA) is 97.1 Å². The van der Waals surface area contributed by atoms with Gasteiger partial charge in [-0.25, -0.2) is 0 Å². The largest absolute Gasteiger partial charge is 0.348 e. The van der Waals surface area contributed by atoms with Gasteiger partial charge in [-0.3, -0.25) is 14.6 Å². The van der Waals surface area contributed by atoms with Crippen molar-refractivity contribution < 1.29 is 9.59 Å². The van der Waals surface area contributed by atoms with Crippen molar-refractivity contribution in [2.24, 2.45) is 5.73 Å². The van der Waals surface area contributed by atoms with Crippen molar-refractivity contribution in [3.05, 3.63) is 30.1 Å². The maximum absolute atomic E-state index is 11.5. The highest BCUT2D eigenvalue weighted by Gasteiger charge is 2.09. The van der Waals surface area contributed by atoms with Crippen molar-refractivity contribution in [2.75, 3.05) is 13.1 Å². The Balaban J connectivity index is 2.39. The molecule has 4 N–H and O–H groups in total. The van der Waals surface area contributed by atoms with Gasteiger partial charge in [0.2, 0.25) is 11.8 Å². The number of nitrogens with zero attached hydrogens (tertiary/aromatic N) is 1. The summed E-state index contributed by atoms with van der Waals surface area (Å²) < 4.78 is 0. The van der Waals surface area contributed by atoms with Gasteiger partial charge in [-0.05, 0) is 18.6 Å². The molecule has 0 aliphatic carbocycles. The molecule has 6 heteroatoms. The van der Waals surface area contributed by atoms with Crippen molar-refractivity contribution >= 4 is 11.8 Å². The maximum Gasteiger partial charge on any atom is 0.239 e. The number of aromatic nitrogens is 1. The van der Waals surface area contributed by atoms with E-state index in [2.05, 4.69) is 15.6 Å². The van der Waals surface area contributed by atoms with E-state index in [9.17, 15) is 9.59 Å². The third-order valence-corrected chi connectivity index (χ3v) is 2.19. The average molecular weight is 236 g/mol. The van der Waals surface area contributed by atoms with E-state index in [0.29, 0.717) is 0 Å². The fourth-order valence-electron chi connectivity index (χ4n) is 1.26. The lowest BCUT2D eigenvalue weighted by Gasteiger charge is -2.13. The standard InChI is InChI=1S/C11H16N4O2/c1-8(9-3-2-4-13-6-9)15-11(17)7-14-10(16)5-12/h2-4,6,8H,5,7,12H2,1H3,(H,14,16)(H,15,17)/t8-/m0/s1. The molecule has 0 saturated carbocycles. The van der Waals surface area contributed by atoms with Crippen LogP contribution >= 0.6 is 0 Å². The Morgan fingerprint density at radius 3 is 2.82 bits per heavy atom. The molecule has 0 spiro atoms. The van der Waals surface area contributed by atoms with Crippen LogP contribution in [0.15, 0.2) is 24.5 Å². The van der Waals surface area contributed by atoms with Crippen molar-refractivity contribution in [3.63, 3.8) is 0 Å². The Bertz CT molecular complexity index is 380. The Labute approximate surface area is 99.6 Å². The highest BCUT2D eigenvalue weighted by atomic mass is 16.2. The number of carbonyl (C=O) groups is 2. The highest BCUT2D eigenvalue weighted by molar-refractivity contribution is 5.85. The van der Waals surface area contributed by atoms with Crippen molar-refractivity contribution in [1.82, 2.24) is 15.6 Å². The van der Waals surface area contributed by atoms with Gasteiger partial charge in [0.1, 0.15) is 0 Å². The molecule has 1 aromatic rings. The molecule has 0 bridgehead atoms. The lowest BCUT2D eigenvalue weighted by Crippen LogP contribution is -2.40. The minimum atomic E-state index is -0.353. The summed E-state index contributed by atoms with van der Waals surface area (Å²) >= 11 is 0. The van der Waals surface area contributed by atoms with Crippen LogP contribution in [0.2, 0.25) is 0 Å². The highest BCUT2D eigenvalue weighted by Crippen LogP contribution is 2.08. The Hall–Kier alpha value is -1.95. The van der Waals surface area contributed by atoms with Gasteiger partial charge in [-0.2, -0.15) is 0 Å². The normalized spacial score (nSPS) is 11.6. The average Bonchev–Trinajstić information content (AvgIpc) is 2.36. The summed E-state index contributed by atoms with van der Waals surface area (Å²) in [5.41, 5.74) is 6.01. The zero-order valence-corrected chi connectivity index (χ0v) is 9.64. The summed E-state index contributed by atoms with van der Waals surface area (Å²) in [6.45, 7) is 1.66. The second-order valence-electron chi connectivity index (χ2n) is 3.56. The zero-order valence-electron chi connectivity index (χ0n) is 9.64. The Morgan fingerprint density at radius 2 is 2.24 bits per heavy atom. The number of nitrogens with one attached hydrogen (secondary N) is 2. The van der Waals surface area contributed by atoms with E-state index in [4.69, 9.17) is 5.73 Å². The first kappa shape index (κ1) is 13.1. The van der Waals surface area contributed by atoms with E-state index in [-0.39, 0.29) is 30.9 Å². The molecular formula is C11H16N4O2. The van der Waals surface area contributed by atoms with Crippen LogP contribution in [0, 0.1) is 0 Å². The number of hydrogen-bond acceptors (Lipinski definition) is 4. The number of carbonyl (C=O) groups excluding carboxylic acids is 2. The van der Waals surface area contributed by atoms with Crippen molar-refractivity contribution in [3.8, 4) is 0 Å². The maximum atomic E-state index is 11.5. The van der Waals surface area contributed by atoms with Crippen molar-refractivity contribution in [2.45, 2.75) is 13.0 Å². The molecule has 1 aromatic heterocycles. The van der Waals surface area contributed by atoms with Crippen LogP contribution in [0.1, 0.15) is 18.5 Å². The molecule has 0 fully saturated rings. The predicted octanol–water partition coefficient (Wildman–Crippen LogP) is -0.666. The van der Waals surface area contributed by atoms with Crippen LogP contribution in [-0.2, 0) is 9.59 Å². The van der Waals surface area contributed by atoms with E-state index < -0.39 is 0 Å². The van der Waals surface area contributed by atoms with Gasteiger partial charge in [-0.15, -0.1) is 0 Å². The van der Waals surface area contributed by atoms with Crippen LogP contribution in [0.5, 0.6) is 0 Å². The summed E-state index contributed by atoms with van der Waals surface area (Å²) in [4.78, 5) is 26.3. The van der Waals surface area contributed by atoms with Gasteiger partial charge in [-0.1, -0.05) is 6.07 Å². The molecule has 0 aliphatic heterocycles. The van der Waals surface area contributed by atoms with Gasteiger partial charge in [0, 0.05) is 12.4 Å². The quantitative estimate of drug-likeness (QED) is 0.632. The minimum Gasteiger partial charge on any atom is -0.348 e. The van der Waals surface area contributed by atoms with Crippen LogP contribution < -0.4 is 16.4 Å². The Morgan fingerprint density at radius 1 is 1.47 bits per heavy atom. The van der Waals surface area contributed by atoms with E-state index in [0.717, 1.165) is 5.56 Å². The van der Waals surface area contributed by atoms with E-state index in [1.165, 1.54) is 0 Å². The lowest BCUT2D eigenvalue weighted by molar-refractivity contribution is -0.125. The van der Waals surface area contributed by atoms with E-state index in [1.807, 2.05) is 13.0 Å². The predicted molar refractivity (Wildman–Crippen MR) is 62.9 cm³/mol. The summed E-state index contributed by atoms with van der Waals surface area (Å²) in [6.07, 6.45) is 3.35. The monoisotopic (exact) mass is 236 g/mol. The Kier molecular flexibility index (Phi) is 5.09. The molecule has 0 unspecified atom stereocenters. The van der Waals surface area contributed by atoms with Crippen LogP contribution in [0.25, 0.3) is 0 Å². The summed E-state index contributed by atoms with van der Waals surface area (Å²) in [6, 6.07) is 3.52. The number of rotatable bonds is 5. The molecule has 0 aliphatic rings. The first-order valence-corrected chi connectivity index (χ1v) is 5.29. The van der Waals surface area contributed by atoms with Crippen molar-refractivity contribution in [1.29, 1.82) is 0 Å². The summed E-state index contributed by atoms with van der Waals surface area (Å²) in [7, 11) is 0. The summed E-state index contributed by atoms with van der Waals surface area (Å²) in [5.74, 6) is -0.614. The second kappa shape index (κ2) is 6.59. The molecule has 0 radical (unpaired) electrons. The molecule has 0 saturated heterocycles.